The molecule has 2 rings (SSSR count). The Kier molecular flexibility index (Phi) is 5.02. The van der Waals surface area contributed by atoms with Gasteiger partial charge in [-0.2, -0.15) is 0 Å². The van der Waals surface area contributed by atoms with Crippen LogP contribution < -0.4 is 4.90 Å². The van der Waals surface area contributed by atoms with Gasteiger partial charge >= 0.3 is 0 Å². The van der Waals surface area contributed by atoms with Crippen molar-refractivity contribution in [1.29, 1.82) is 0 Å². The van der Waals surface area contributed by atoms with Crippen LogP contribution in [0.4, 0.5) is 5.69 Å². The normalized spacial score (nSPS) is 16.8. The van der Waals surface area contributed by atoms with Crippen LogP contribution in [0.2, 0.25) is 0 Å². The first-order valence-electron chi connectivity index (χ1n) is 6.82. The van der Waals surface area contributed by atoms with E-state index in [2.05, 4.69) is 48.2 Å². The Hall–Kier alpha value is -1.06. The zero-order valence-corrected chi connectivity index (χ0v) is 11.6. The molecule has 1 aromatic carbocycles. The number of morpholine rings is 1. The number of ether oxygens (including phenoxy) is 1. The summed E-state index contributed by atoms with van der Waals surface area (Å²) in [6, 6.07) is 8.89. The zero-order valence-electron chi connectivity index (χ0n) is 11.6. The van der Waals surface area contributed by atoms with Crippen LogP contribution in [0, 0.1) is 0 Å². The predicted octanol–water partition coefficient (Wildman–Crippen LogP) is 2.02. The van der Waals surface area contributed by atoms with Gasteiger partial charge in [-0.05, 0) is 37.1 Å². The monoisotopic (exact) mass is 248 g/mol. The van der Waals surface area contributed by atoms with Crippen molar-refractivity contribution >= 4 is 5.69 Å². The van der Waals surface area contributed by atoms with Gasteiger partial charge in [0.25, 0.3) is 0 Å². The summed E-state index contributed by atoms with van der Waals surface area (Å²) >= 11 is 0. The molecule has 1 aliphatic rings. The average molecular weight is 248 g/mol. The topological polar surface area (TPSA) is 15.7 Å². The Morgan fingerprint density at radius 3 is 2.39 bits per heavy atom. The molecule has 0 radical (unpaired) electrons. The molecule has 1 fully saturated rings. The van der Waals surface area contributed by atoms with E-state index in [1.807, 2.05) is 0 Å². The lowest BCUT2D eigenvalue weighted by Crippen LogP contribution is -2.36. The second-order valence-electron chi connectivity index (χ2n) is 5.12. The summed E-state index contributed by atoms with van der Waals surface area (Å²) in [4.78, 5) is 4.63. The highest BCUT2D eigenvalue weighted by Crippen LogP contribution is 2.13. The number of rotatable bonds is 5. The summed E-state index contributed by atoms with van der Waals surface area (Å²) in [6.45, 7) is 5.19. The average Bonchev–Trinajstić information content (AvgIpc) is 2.40. The third-order valence-electron chi connectivity index (χ3n) is 3.50. The van der Waals surface area contributed by atoms with Gasteiger partial charge in [0.05, 0.1) is 13.2 Å². The van der Waals surface area contributed by atoms with Gasteiger partial charge in [-0.1, -0.05) is 12.1 Å². The Morgan fingerprint density at radius 1 is 1.11 bits per heavy atom. The van der Waals surface area contributed by atoms with Gasteiger partial charge in [-0.3, -0.25) is 4.90 Å². The molecule has 3 heteroatoms. The van der Waals surface area contributed by atoms with Crippen LogP contribution in [0.3, 0.4) is 0 Å². The van der Waals surface area contributed by atoms with Crippen molar-refractivity contribution in [1.82, 2.24) is 4.90 Å². The molecule has 18 heavy (non-hydrogen) atoms. The van der Waals surface area contributed by atoms with Crippen molar-refractivity contribution in [2.24, 2.45) is 0 Å². The molecule has 0 unspecified atom stereocenters. The molecule has 0 atom stereocenters. The van der Waals surface area contributed by atoms with Gasteiger partial charge < -0.3 is 9.64 Å². The smallest absolute Gasteiger partial charge is 0.0594 e. The summed E-state index contributed by atoms with van der Waals surface area (Å²) < 4.78 is 5.35. The molecule has 1 saturated heterocycles. The van der Waals surface area contributed by atoms with Crippen LogP contribution >= 0.6 is 0 Å². The van der Waals surface area contributed by atoms with Gasteiger partial charge in [-0.15, -0.1) is 0 Å². The summed E-state index contributed by atoms with van der Waals surface area (Å²) in [5.41, 5.74) is 2.71. The number of benzene rings is 1. The minimum Gasteiger partial charge on any atom is -0.379 e. The maximum atomic E-state index is 5.35. The number of hydrogen-bond donors (Lipinski definition) is 0. The second kappa shape index (κ2) is 6.76. The lowest BCUT2D eigenvalue weighted by atomic mass is 10.1. The molecule has 1 heterocycles. The summed E-state index contributed by atoms with van der Waals surface area (Å²) in [7, 11) is 4.15. The maximum Gasteiger partial charge on any atom is 0.0594 e. The van der Waals surface area contributed by atoms with E-state index in [1.54, 1.807) is 0 Å². The Bertz CT molecular complexity index is 342. The van der Waals surface area contributed by atoms with E-state index in [4.69, 9.17) is 4.74 Å². The maximum absolute atomic E-state index is 5.35. The fourth-order valence-corrected chi connectivity index (χ4v) is 2.29. The zero-order chi connectivity index (χ0) is 12.8. The van der Waals surface area contributed by atoms with Gasteiger partial charge in [0, 0.05) is 32.9 Å². The molecular formula is C15H24N2O. The minimum atomic E-state index is 0.900. The summed E-state index contributed by atoms with van der Waals surface area (Å²) in [6.07, 6.45) is 2.41. The molecule has 0 amide bonds. The van der Waals surface area contributed by atoms with Crippen molar-refractivity contribution in [2.45, 2.75) is 12.8 Å². The van der Waals surface area contributed by atoms with Gasteiger partial charge in [-0.25, -0.2) is 0 Å². The number of aryl methyl sites for hydroxylation is 1. The molecule has 0 N–H and O–H groups in total. The van der Waals surface area contributed by atoms with Gasteiger partial charge in [0.15, 0.2) is 0 Å². The van der Waals surface area contributed by atoms with Gasteiger partial charge in [0.2, 0.25) is 0 Å². The summed E-state index contributed by atoms with van der Waals surface area (Å²) in [5.74, 6) is 0. The Balaban J connectivity index is 1.72. The second-order valence-corrected chi connectivity index (χ2v) is 5.12. The molecule has 0 aromatic heterocycles. The number of anilines is 1. The molecule has 1 aromatic rings. The van der Waals surface area contributed by atoms with Crippen LogP contribution in [0.15, 0.2) is 24.3 Å². The highest BCUT2D eigenvalue weighted by molar-refractivity contribution is 5.45. The fourth-order valence-electron chi connectivity index (χ4n) is 2.29. The van der Waals surface area contributed by atoms with Crippen molar-refractivity contribution < 1.29 is 4.74 Å². The van der Waals surface area contributed by atoms with Crippen molar-refractivity contribution in [3.05, 3.63) is 29.8 Å². The Labute approximate surface area is 110 Å². The van der Waals surface area contributed by atoms with E-state index >= 15 is 0 Å². The van der Waals surface area contributed by atoms with E-state index in [0.717, 1.165) is 26.3 Å². The lowest BCUT2D eigenvalue weighted by Gasteiger charge is -2.26. The van der Waals surface area contributed by atoms with Crippen molar-refractivity contribution in [2.75, 3.05) is 51.8 Å². The van der Waals surface area contributed by atoms with E-state index in [1.165, 1.54) is 30.6 Å². The number of nitrogens with zero attached hydrogens (tertiary/aromatic N) is 2. The van der Waals surface area contributed by atoms with E-state index in [0.29, 0.717) is 0 Å². The fraction of sp³-hybridized carbons (Fsp3) is 0.600. The number of hydrogen-bond acceptors (Lipinski definition) is 3. The predicted molar refractivity (Wildman–Crippen MR) is 76.3 cm³/mol. The van der Waals surface area contributed by atoms with Crippen LogP contribution in [0.5, 0.6) is 0 Å². The minimum absolute atomic E-state index is 0.900. The largest absolute Gasteiger partial charge is 0.379 e. The van der Waals surface area contributed by atoms with Crippen LogP contribution in [-0.2, 0) is 11.2 Å². The molecule has 0 bridgehead atoms. The molecule has 3 nitrogen and oxygen atoms in total. The molecule has 1 aliphatic heterocycles. The van der Waals surface area contributed by atoms with Crippen LogP contribution in [-0.4, -0.2) is 51.8 Å². The molecule has 100 valence electrons. The lowest BCUT2D eigenvalue weighted by molar-refractivity contribution is 0.0375. The Morgan fingerprint density at radius 2 is 1.78 bits per heavy atom. The van der Waals surface area contributed by atoms with Crippen molar-refractivity contribution in [3.8, 4) is 0 Å². The third-order valence-corrected chi connectivity index (χ3v) is 3.50. The van der Waals surface area contributed by atoms with E-state index < -0.39 is 0 Å². The molecule has 0 spiro atoms. The van der Waals surface area contributed by atoms with E-state index in [9.17, 15) is 0 Å². The first kappa shape index (κ1) is 13.4. The highest BCUT2D eigenvalue weighted by atomic mass is 16.5. The first-order chi connectivity index (χ1) is 8.75. The standard InChI is InChI=1S/C15H24N2O/c1-16(2)15-7-5-14(6-8-15)4-3-9-17-10-12-18-13-11-17/h5-8H,3-4,9-13H2,1-2H3. The quantitative estimate of drug-likeness (QED) is 0.793. The molecular weight excluding hydrogens is 224 g/mol. The highest BCUT2D eigenvalue weighted by Gasteiger charge is 2.09. The summed E-state index contributed by atoms with van der Waals surface area (Å²) in [5, 5.41) is 0. The SMILES string of the molecule is CN(C)c1ccc(CCCN2CCOCC2)cc1. The molecule has 0 saturated carbocycles. The third kappa shape index (κ3) is 4.00. The van der Waals surface area contributed by atoms with Crippen LogP contribution in [0.25, 0.3) is 0 Å². The van der Waals surface area contributed by atoms with E-state index in [-0.39, 0.29) is 0 Å². The first-order valence-corrected chi connectivity index (χ1v) is 6.82. The van der Waals surface area contributed by atoms with Crippen molar-refractivity contribution in [3.63, 3.8) is 0 Å². The van der Waals surface area contributed by atoms with Crippen LogP contribution in [0.1, 0.15) is 12.0 Å². The van der Waals surface area contributed by atoms with Gasteiger partial charge in [0.1, 0.15) is 0 Å². The molecule has 0 aliphatic carbocycles.